The smallest absolute Gasteiger partial charge is 0.311 e. The molecule has 0 amide bonds. The van der Waals surface area contributed by atoms with E-state index in [1.54, 1.807) is 13.2 Å². The van der Waals surface area contributed by atoms with Gasteiger partial charge in [-0.25, -0.2) is 4.98 Å². The predicted molar refractivity (Wildman–Crippen MR) is 105 cm³/mol. The maximum atomic E-state index is 11.4. The third-order valence-corrected chi connectivity index (χ3v) is 4.60. The standard InChI is InChI=1S/C20H27N3O3/c1-12(2)14(5)21-20-18(23(24)25)9-8-17(22-20)16-11-15(13(3)4)7-10-19(16)26-6/h7-14H,1-6H3,(H,21,22)/t14-/m0/s1. The van der Waals surface area contributed by atoms with Crippen LogP contribution >= 0.6 is 0 Å². The third-order valence-electron chi connectivity index (χ3n) is 4.60. The number of nitrogens with zero attached hydrogens (tertiary/aromatic N) is 2. The molecule has 0 aliphatic carbocycles. The molecule has 0 radical (unpaired) electrons. The monoisotopic (exact) mass is 357 g/mol. The van der Waals surface area contributed by atoms with Gasteiger partial charge in [-0.1, -0.05) is 33.8 Å². The van der Waals surface area contributed by atoms with Gasteiger partial charge in [0.1, 0.15) is 5.75 Å². The van der Waals surface area contributed by atoms with Crippen molar-refractivity contribution in [3.63, 3.8) is 0 Å². The molecule has 0 unspecified atom stereocenters. The summed E-state index contributed by atoms with van der Waals surface area (Å²) in [5.74, 6) is 1.65. The van der Waals surface area contributed by atoms with E-state index in [2.05, 4.69) is 38.0 Å². The van der Waals surface area contributed by atoms with Crippen LogP contribution in [-0.4, -0.2) is 23.1 Å². The maximum Gasteiger partial charge on any atom is 0.311 e. The molecule has 1 aromatic heterocycles. The second-order valence-electron chi connectivity index (χ2n) is 7.11. The molecule has 1 atom stereocenters. The Kier molecular flexibility index (Phi) is 6.18. The van der Waals surface area contributed by atoms with Gasteiger partial charge in [0.25, 0.3) is 0 Å². The molecule has 0 saturated heterocycles. The van der Waals surface area contributed by atoms with Crippen LogP contribution in [0.3, 0.4) is 0 Å². The summed E-state index contributed by atoms with van der Waals surface area (Å²) in [4.78, 5) is 15.5. The molecule has 140 valence electrons. The summed E-state index contributed by atoms with van der Waals surface area (Å²) >= 11 is 0. The van der Waals surface area contributed by atoms with E-state index < -0.39 is 4.92 Å². The van der Waals surface area contributed by atoms with Crippen LogP contribution in [0.4, 0.5) is 11.5 Å². The van der Waals surface area contributed by atoms with Crippen LogP contribution in [0.15, 0.2) is 30.3 Å². The molecule has 1 N–H and O–H groups in total. The highest BCUT2D eigenvalue weighted by atomic mass is 16.6. The number of pyridine rings is 1. The first-order chi connectivity index (χ1) is 12.2. The first-order valence-corrected chi connectivity index (χ1v) is 8.84. The Morgan fingerprint density at radius 3 is 2.35 bits per heavy atom. The van der Waals surface area contributed by atoms with Gasteiger partial charge in [0.15, 0.2) is 0 Å². The summed E-state index contributed by atoms with van der Waals surface area (Å²) in [7, 11) is 1.61. The number of ether oxygens (including phenoxy) is 1. The Balaban J connectivity index is 2.57. The number of benzene rings is 1. The van der Waals surface area contributed by atoms with Crippen molar-refractivity contribution in [3.05, 3.63) is 46.0 Å². The van der Waals surface area contributed by atoms with E-state index in [1.807, 2.05) is 25.1 Å². The lowest BCUT2D eigenvalue weighted by Gasteiger charge is -2.19. The summed E-state index contributed by atoms with van der Waals surface area (Å²) in [6, 6.07) is 9.20. The van der Waals surface area contributed by atoms with Crippen molar-refractivity contribution in [2.45, 2.75) is 46.6 Å². The second kappa shape index (κ2) is 8.17. The van der Waals surface area contributed by atoms with E-state index in [0.29, 0.717) is 23.3 Å². The van der Waals surface area contributed by atoms with Crippen molar-refractivity contribution >= 4 is 11.5 Å². The summed E-state index contributed by atoms with van der Waals surface area (Å²) in [5, 5.41) is 14.6. The highest BCUT2D eigenvalue weighted by molar-refractivity contribution is 5.72. The minimum atomic E-state index is -0.409. The van der Waals surface area contributed by atoms with E-state index in [-0.39, 0.29) is 17.5 Å². The fourth-order valence-electron chi connectivity index (χ4n) is 2.52. The highest BCUT2D eigenvalue weighted by Crippen LogP contribution is 2.35. The first-order valence-electron chi connectivity index (χ1n) is 8.84. The quantitative estimate of drug-likeness (QED) is 0.541. The molecule has 26 heavy (non-hydrogen) atoms. The Labute approximate surface area is 154 Å². The fourth-order valence-corrected chi connectivity index (χ4v) is 2.52. The molecule has 6 nitrogen and oxygen atoms in total. The van der Waals surface area contributed by atoms with E-state index >= 15 is 0 Å². The van der Waals surface area contributed by atoms with Gasteiger partial charge in [0.2, 0.25) is 5.82 Å². The first kappa shape index (κ1) is 19.7. The summed E-state index contributed by atoms with van der Waals surface area (Å²) in [5.41, 5.74) is 2.61. The molecule has 2 aromatic rings. The lowest BCUT2D eigenvalue weighted by Crippen LogP contribution is -2.22. The number of aromatic nitrogens is 1. The third kappa shape index (κ3) is 4.31. The second-order valence-corrected chi connectivity index (χ2v) is 7.11. The number of methoxy groups -OCH3 is 1. The predicted octanol–water partition coefficient (Wildman–Crippen LogP) is 5.25. The van der Waals surface area contributed by atoms with Crippen molar-refractivity contribution in [2.75, 3.05) is 12.4 Å². The molecule has 0 bridgehead atoms. The van der Waals surface area contributed by atoms with Crippen LogP contribution in [0.25, 0.3) is 11.3 Å². The summed E-state index contributed by atoms with van der Waals surface area (Å²) in [6.45, 7) is 10.3. The number of hydrogen-bond donors (Lipinski definition) is 1. The van der Waals surface area contributed by atoms with E-state index in [9.17, 15) is 10.1 Å². The molecule has 1 heterocycles. The normalized spacial score (nSPS) is 12.3. The lowest BCUT2D eigenvalue weighted by atomic mass is 9.98. The highest BCUT2D eigenvalue weighted by Gasteiger charge is 2.21. The Hall–Kier alpha value is -2.63. The summed E-state index contributed by atoms with van der Waals surface area (Å²) < 4.78 is 5.48. The van der Waals surface area contributed by atoms with Gasteiger partial charge < -0.3 is 10.1 Å². The topological polar surface area (TPSA) is 77.3 Å². The molecule has 6 heteroatoms. The van der Waals surface area contributed by atoms with Gasteiger partial charge in [-0.2, -0.15) is 0 Å². The molecule has 0 spiro atoms. The zero-order chi connectivity index (χ0) is 19.4. The maximum absolute atomic E-state index is 11.4. The Bertz CT molecular complexity index is 788. The van der Waals surface area contributed by atoms with Crippen molar-refractivity contribution in [1.29, 1.82) is 0 Å². The van der Waals surface area contributed by atoms with Crippen molar-refractivity contribution in [2.24, 2.45) is 5.92 Å². The molecule has 0 fully saturated rings. The van der Waals surface area contributed by atoms with Gasteiger partial charge in [-0.05, 0) is 42.5 Å². The van der Waals surface area contributed by atoms with Crippen LogP contribution in [-0.2, 0) is 0 Å². The molecular formula is C20H27N3O3. The number of nitro groups is 1. The summed E-state index contributed by atoms with van der Waals surface area (Å²) in [6.07, 6.45) is 0. The number of anilines is 1. The number of rotatable bonds is 7. The van der Waals surface area contributed by atoms with Crippen molar-refractivity contribution in [3.8, 4) is 17.0 Å². The van der Waals surface area contributed by atoms with Crippen LogP contribution in [0.1, 0.15) is 46.1 Å². The molecule has 0 aliphatic heterocycles. The van der Waals surface area contributed by atoms with Gasteiger partial charge in [-0.3, -0.25) is 10.1 Å². The van der Waals surface area contributed by atoms with Gasteiger partial charge in [0, 0.05) is 17.7 Å². The van der Waals surface area contributed by atoms with Crippen LogP contribution in [0.5, 0.6) is 5.75 Å². The van der Waals surface area contributed by atoms with Gasteiger partial charge >= 0.3 is 5.69 Å². The number of hydrogen-bond acceptors (Lipinski definition) is 5. The largest absolute Gasteiger partial charge is 0.496 e. The van der Waals surface area contributed by atoms with Crippen LogP contribution in [0.2, 0.25) is 0 Å². The Morgan fingerprint density at radius 2 is 1.81 bits per heavy atom. The SMILES string of the molecule is COc1ccc(C(C)C)cc1-c1ccc([N+](=O)[O-])c(N[C@@H](C)C(C)C)n1. The minimum Gasteiger partial charge on any atom is -0.496 e. The minimum absolute atomic E-state index is 0.0276. The Morgan fingerprint density at radius 1 is 1.12 bits per heavy atom. The molecule has 0 saturated carbocycles. The molecule has 2 rings (SSSR count). The van der Waals surface area contributed by atoms with Gasteiger partial charge in [-0.15, -0.1) is 0 Å². The molecular weight excluding hydrogens is 330 g/mol. The van der Waals surface area contributed by atoms with Crippen molar-refractivity contribution < 1.29 is 9.66 Å². The van der Waals surface area contributed by atoms with Crippen LogP contribution < -0.4 is 10.1 Å². The number of nitrogens with one attached hydrogen (secondary N) is 1. The average molecular weight is 357 g/mol. The molecule has 0 aliphatic rings. The van der Waals surface area contributed by atoms with E-state index in [4.69, 9.17) is 4.74 Å². The van der Waals surface area contributed by atoms with Crippen molar-refractivity contribution in [1.82, 2.24) is 4.98 Å². The fraction of sp³-hybridized carbons (Fsp3) is 0.450. The van der Waals surface area contributed by atoms with Crippen LogP contribution in [0, 0.1) is 16.0 Å². The average Bonchev–Trinajstić information content (AvgIpc) is 2.60. The molecule has 1 aromatic carbocycles. The zero-order valence-corrected chi connectivity index (χ0v) is 16.2. The lowest BCUT2D eigenvalue weighted by molar-refractivity contribution is -0.384. The zero-order valence-electron chi connectivity index (χ0n) is 16.2. The van der Waals surface area contributed by atoms with E-state index in [1.165, 1.54) is 6.07 Å². The van der Waals surface area contributed by atoms with E-state index in [0.717, 1.165) is 11.1 Å². The van der Waals surface area contributed by atoms with Gasteiger partial charge in [0.05, 0.1) is 17.7 Å².